The lowest BCUT2D eigenvalue weighted by atomic mass is 9.83. The minimum absolute atomic E-state index is 0.00313. The Kier molecular flexibility index (Phi) is 15.2. The number of pyridine rings is 3. The molecule has 0 radical (unpaired) electrons. The molecule has 6 nitrogen and oxygen atoms in total. The third kappa shape index (κ3) is 11.9. The van der Waals surface area contributed by atoms with Crippen molar-refractivity contribution in [1.29, 1.82) is 0 Å². The van der Waals surface area contributed by atoms with Crippen LogP contribution in [0.1, 0.15) is 179 Å². The summed E-state index contributed by atoms with van der Waals surface area (Å²) in [6, 6.07) is 19.2. The molecule has 342 valence electrons. The summed E-state index contributed by atoms with van der Waals surface area (Å²) in [5.74, 6) is 2.92. The summed E-state index contributed by atoms with van der Waals surface area (Å²) in [4.78, 5) is 14.3. The van der Waals surface area contributed by atoms with E-state index in [4.69, 9.17) is 29.2 Å². The van der Waals surface area contributed by atoms with Gasteiger partial charge in [0.2, 0.25) is 0 Å². The van der Waals surface area contributed by atoms with Crippen molar-refractivity contribution in [2.24, 2.45) is 0 Å². The molecule has 0 aliphatic heterocycles. The van der Waals surface area contributed by atoms with Crippen LogP contribution in [0.2, 0.25) is 0 Å². The van der Waals surface area contributed by atoms with Crippen LogP contribution < -0.4 is 14.2 Å². The molecule has 0 unspecified atom stereocenters. The van der Waals surface area contributed by atoms with Crippen molar-refractivity contribution in [3.05, 3.63) is 107 Å². The van der Waals surface area contributed by atoms with E-state index in [0.29, 0.717) is 6.61 Å². The van der Waals surface area contributed by atoms with Crippen LogP contribution in [0.25, 0.3) is 32.7 Å². The van der Waals surface area contributed by atoms with Crippen molar-refractivity contribution >= 4 is 32.7 Å². The first-order valence-electron chi connectivity index (χ1n) is 23.0. The van der Waals surface area contributed by atoms with Crippen LogP contribution in [-0.4, -0.2) is 34.8 Å². The highest BCUT2D eigenvalue weighted by Gasteiger charge is 2.28. The van der Waals surface area contributed by atoms with Gasteiger partial charge in [0.25, 0.3) is 0 Å². The molecule has 0 N–H and O–H groups in total. The predicted molar refractivity (Wildman–Crippen MR) is 271 cm³/mol. The number of ether oxygens (including phenoxy) is 3. The van der Waals surface area contributed by atoms with Gasteiger partial charge >= 0.3 is 0 Å². The Labute approximate surface area is 382 Å². The second-order valence-corrected chi connectivity index (χ2v) is 23.4. The Morgan fingerprint density at radius 1 is 0.413 bits per heavy atom. The van der Waals surface area contributed by atoms with Crippen LogP contribution in [0.5, 0.6) is 17.2 Å². The van der Waals surface area contributed by atoms with E-state index in [-0.39, 0.29) is 38.6 Å². The normalized spacial score (nSPS) is 12.8. The van der Waals surface area contributed by atoms with Crippen molar-refractivity contribution in [1.82, 2.24) is 15.0 Å². The van der Waals surface area contributed by atoms with Gasteiger partial charge in [0.1, 0.15) is 17.2 Å². The summed E-state index contributed by atoms with van der Waals surface area (Å²) in [5, 5.41) is 3.35. The highest BCUT2D eigenvalue weighted by atomic mass is 16.5. The van der Waals surface area contributed by atoms with Crippen molar-refractivity contribution in [2.75, 3.05) is 13.7 Å². The van der Waals surface area contributed by atoms with Crippen molar-refractivity contribution in [2.45, 2.75) is 184 Å². The Morgan fingerprint density at radius 2 is 0.698 bits per heavy atom. The molecule has 0 aliphatic carbocycles. The molecule has 0 fully saturated rings. The van der Waals surface area contributed by atoms with Gasteiger partial charge in [-0.15, -0.1) is 0 Å². The molecule has 0 saturated carbocycles. The molecule has 6 rings (SSSR count). The first-order chi connectivity index (χ1) is 28.8. The number of hydrogen-bond acceptors (Lipinski definition) is 6. The van der Waals surface area contributed by atoms with Crippen LogP contribution in [0, 0.1) is 0 Å². The maximum absolute atomic E-state index is 6.21. The summed E-state index contributed by atoms with van der Waals surface area (Å²) in [5.41, 5.74) is 10.7. The molecule has 0 atom stereocenters. The van der Waals surface area contributed by atoms with Crippen LogP contribution >= 0.6 is 0 Å². The van der Waals surface area contributed by atoms with Crippen molar-refractivity contribution in [3.63, 3.8) is 0 Å². The zero-order valence-electron chi connectivity index (χ0n) is 43.3. The quantitative estimate of drug-likeness (QED) is 0.172. The maximum Gasteiger partial charge on any atom is 0.134 e. The third-order valence-electron chi connectivity index (χ3n) is 11.2. The minimum atomic E-state index is 0.00313. The highest BCUT2D eigenvalue weighted by Crippen LogP contribution is 2.42. The molecule has 3 aromatic heterocycles. The fourth-order valence-electron chi connectivity index (χ4n) is 7.90. The van der Waals surface area contributed by atoms with E-state index in [1.165, 1.54) is 27.8 Å². The summed E-state index contributed by atoms with van der Waals surface area (Å²) in [7, 11) is 1.74. The molecule has 3 aromatic carbocycles. The molecule has 0 aliphatic rings. The average Bonchev–Trinajstić information content (AvgIpc) is 3.15. The molecule has 6 heteroatoms. The fourth-order valence-corrected chi connectivity index (χ4v) is 7.90. The Hall–Kier alpha value is -4.71. The van der Waals surface area contributed by atoms with Gasteiger partial charge in [0.05, 0.1) is 36.4 Å². The molecule has 6 aromatic rings. The molecular weight excluding hydrogens is 775 g/mol. The van der Waals surface area contributed by atoms with E-state index in [1.807, 2.05) is 25.5 Å². The van der Waals surface area contributed by atoms with E-state index < -0.39 is 0 Å². The number of para-hydroxylation sites is 3. The summed E-state index contributed by atoms with van der Waals surface area (Å²) in [6.45, 7) is 46.6. The van der Waals surface area contributed by atoms with Gasteiger partial charge in [0, 0.05) is 51.4 Å². The second kappa shape index (κ2) is 18.8. The number of nitrogens with zero attached hydrogens (tertiary/aromatic N) is 3. The standard InChI is InChI=1S/C20H29NO.C19H27NO.C18H25NO/c1-13(2)22-18-14-10-9-11-15(19(3,4)5)17(14)21-12-16(18)20(6,7)8;1-8-21-17-13-10-9-11-14(18(2,3)4)16(13)20-12-15(17)19(5,6)7;1-17(2,3)13-10-8-9-12-15(13)19-11-14(16(12)20-7)18(4,5)6/h9-13H,1-8H3;9-12H,8H2,1-7H3;8-11H,1-7H3. The van der Waals surface area contributed by atoms with Gasteiger partial charge in [-0.25, -0.2) is 0 Å². The summed E-state index contributed by atoms with van der Waals surface area (Å²) >= 11 is 0. The first-order valence-corrected chi connectivity index (χ1v) is 23.0. The van der Waals surface area contributed by atoms with E-state index in [2.05, 4.69) is 193 Å². The number of methoxy groups -OCH3 is 1. The maximum atomic E-state index is 6.21. The van der Waals surface area contributed by atoms with Gasteiger partial charge < -0.3 is 14.2 Å². The van der Waals surface area contributed by atoms with E-state index in [9.17, 15) is 0 Å². The Morgan fingerprint density at radius 3 is 0.984 bits per heavy atom. The van der Waals surface area contributed by atoms with E-state index in [1.54, 1.807) is 7.11 Å². The van der Waals surface area contributed by atoms with Crippen LogP contribution in [0.3, 0.4) is 0 Å². The molecule has 0 amide bonds. The number of fused-ring (bicyclic) bond motifs is 3. The second-order valence-electron chi connectivity index (χ2n) is 23.4. The van der Waals surface area contributed by atoms with Crippen LogP contribution in [-0.2, 0) is 32.5 Å². The van der Waals surface area contributed by atoms with Gasteiger partial charge in [-0.2, -0.15) is 0 Å². The van der Waals surface area contributed by atoms with E-state index in [0.717, 1.165) is 55.5 Å². The van der Waals surface area contributed by atoms with Crippen LogP contribution in [0.4, 0.5) is 0 Å². The molecule has 0 spiro atoms. The van der Waals surface area contributed by atoms with Gasteiger partial charge in [0.15, 0.2) is 0 Å². The molecule has 63 heavy (non-hydrogen) atoms. The zero-order chi connectivity index (χ0) is 47.7. The van der Waals surface area contributed by atoms with Gasteiger partial charge in [-0.1, -0.05) is 161 Å². The van der Waals surface area contributed by atoms with Crippen molar-refractivity contribution < 1.29 is 14.2 Å². The summed E-state index contributed by atoms with van der Waals surface area (Å²) < 4.78 is 17.9. The first kappa shape index (κ1) is 50.9. The minimum Gasteiger partial charge on any atom is -0.496 e. The Balaban J connectivity index is 0.000000208. The lowest BCUT2D eigenvalue weighted by Crippen LogP contribution is -2.18. The molecule has 0 bridgehead atoms. The highest BCUT2D eigenvalue weighted by molar-refractivity contribution is 5.91. The number of aromatic nitrogens is 3. The van der Waals surface area contributed by atoms with Gasteiger partial charge in [-0.05, 0) is 88.2 Å². The molecule has 3 heterocycles. The number of hydrogen-bond donors (Lipinski definition) is 0. The largest absolute Gasteiger partial charge is 0.496 e. The third-order valence-corrected chi connectivity index (χ3v) is 11.2. The van der Waals surface area contributed by atoms with Crippen molar-refractivity contribution in [3.8, 4) is 17.2 Å². The molecule has 0 saturated heterocycles. The number of benzene rings is 3. The Bertz CT molecular complexity index is 2510. The summed E-state index contributed by atoms with van der Waals surface area (Å²) in [6.07, 6.45) is 6.10. The van der Waals surface area contributed by atoms with Gasteiger partial charge in [-0.3, -0.25) is 15.0 Å². The smallest absolute Gasteiger partial charge is 0.134 e. The monoisotopic (exact) mass is 856 g/mol. The predicted octanol–water partition coefficient (Wildman–Crippen LogP) is 15.7. The van der Waals surface area contributed by atoms with Crippen LogP contribution in [0.15, 0.2) is 73.2 Å². The lowest BCUT2D eigenvalue weighted by Gasteiger charge is -2.27. The lowest BCUT2D eigenvalue weighted by molar-refractivity contribution is 0.239. The SMILES string of the molecule is CC(C)Oc1c(C(C)(C)C)cnc2c(C(C)(C)C)cccc12.CCOc1c(C(C)(C)C)cnc2c(C(C)(C)C)cccc12.COc1c(C(C)(C)C)cnc2c(C(C)(C)C)cccc12. The number of rotatable bonds is 5. The topological polar surface area (TPSA) is 66.4 Å². The zero-order valence-corrected chi connectivity index (χ0v) is 43.3. The molecular formula is C57H81N3O3. The average molecular weight is 856 g/mol. The van der Waals surface area contributed by atoms with E-state index >= 15 is 0 Å². The fraction of sp³-hybridized carbons (Fsp3) is 0.526.